The van der Waals surface area contributed by atoms with E-state index >= 15 is 0 Å². The Labute approximate surface area is 93.2 Å². The lowest BCUT2D eigenvalue weighted by atomic mass is 10.2. The second-order valence-electron chi connectivity index (χ2n) is 4.31. The maximum Gasteiger partial charge on any atom is 0.0597 e. The van der Waals surface area contributed by atoms with Crippen molar-refractivity contribution in [3.63, 3.8) is 0 Å². The first-order valence-corrected chi connectivity index (χ1v) is 6.03. The zero-order valence-corrected chi connectivity index (χ0v) is 10.1. The van der Waals surface area contributed by atoms with Gasteiger partial charge in [0.1, 0.15) is 0 Å². The van der Waals surface area contributed by atoms with E-state index in [-0.39, 0.29) is 12.6 Å². The van der Waals surface area contributed by atoms with Crippen LogP contribution >= 0.6 is 0 Å². The number of aliphatic hydroxyl groups is 1. The van der Waals surface area contributed by atoms with E-state index in [0.29, 0.717) is 0 Å². The summed E-state index contributed by atoms with van der Waals surface area (Å²) in [5.74, 6) is 0. The Hall–Kier alpha value is -0.160. The van der Waals surface area contributed by atoms with Gasteiger partial charge in [0.25, 0.3) is 0 Å². The highest BCUT2D eigenvalue weighted by Crippen LogP contribution is 2.03. The molecule has 1 atom stereocenters. The molecule has 1 saturated heterocycles. The largest absolute Gasteiger partial charge is 0.395 e. The molecule has 0 saturated carbocycles. The molecule has 0 bridgehead atoms. The maximum atomic E-state index is 9.09. The van der Waals surface area contributed by atoms with Crippen molar-refractivity contribution in [1.82, 2.24) is 15.1 Å². The molecule has 1 heterocycles. The molecule has 1 aliphatic rings. The van der Waals surface area contributed by atoms with Gasteiger partial charge in [-0.15, -0.1) is 0 Å². The number of aliphatic hydroxyl groups excluding tert-OH is 1. The first-order chi connectivity index (χ1) is 7.30. The van der Waals surface area contributed by atoms with Crippen LogP contribution in [0, 0.1) is 0 Å². The average molecular weight is 215 g/mol. The van der Waals surface area contributed by atoms with E-state index in [0.717, 1.165) is 19.6 Å². The van der Waals surface area contributed by atoms with Gasteiger partial charge < -0.3 is 15.3 Å². The van der Waals surface area contributed by atoms with Crippen LogP contribution in [-0.2, 0) is 0 Å². The summed E-state index contributed by atoms with van der Waals surface area (Å²) >= 11 is 0. The predicted octanol–water partition coefficient (Wildman–Crippen LogP) is -0.406. The normalized spacial score (nSPS) is 21.8. The minimum Gasteiger partial charge on any atom is -0.395 e. The Morgan fingerprint density at radius 3 is 2.27 bits per heavy atom. The topological polar surface area (TPSA) is 38.7 Å². The molecule has 0 radical (unpaired) electrons. The van der Waals surface area contributed by atoms with Crippen molar-refractivity contribution in [2.45, 2.75) is 19.4 Å². The van der Waals surface area contributed by atoms with Gasteiger partial charge in [0.05, 0.1) is 6.61 Å². The Morgan fingerprint density at radius 2 is 1.80 bits per heavy atom. The molecule has 0 aliphatic carbocycles. The summed E-state index contributed by atoms with van der Waals surface area (Å²) in [6.07, 6.45) is 1.25. The fraction of sp³-hybridized carbons (Fsp3) is 1.00. The van der Waals surface area contributed by atoms with Crippen LogP contribution in [0.2, 0.25) is 0 Å². The van der Waals surface area contributed by atoms with Crippen LogP contribution in [0.15, 0.2) is 0 Å². The standard InChI is InChI=1S/C11H25N3O/c1-3-4-13-5-7-14(8-6-13)9-11(10-15)12-2/h11-12,15H,3-10H2,1-2H3. The Kier molecular flexibility index (Phi) is 6.17. The zero-order valence-electron chi connectivity index (χ0n) is 10.1. The van der Waals surface area contributed by atoms with Crippen LogP contribution in [0.1, 0.15) is 13.3 Å². The second kappa shape index (κ2) is 7.17. The first-order valence-electron chi connectivity index (χ1n) is 6.03. The summed E-state index contributed by atoms with van der Waals surface area (Å²) in [4.78, 5) is 4.95. The van der Waals surface area contributed by atoms with Gasteiger partial charge in [-0.2, -0.15) is 0 Å². The van der Waals surface area contributed by atoms with E-state index in [1.807, 2.05) is 7.05 Å². The number of rotatable bonds is 6. The Morgan fingerprint density at radius 1 is 1.20 bits per heavy atom. The molecule has 1 unspecified atom stereocenters. The lowest BCUT2D eigenvalue weighted by Gasteiger charge is -2.36. The van der Waals surface area contributed by atoms with Crippen LogP contribution in [0.4, 0.5) is 0 Å². The SMILES string of the molecule is CCCN1CCN(CC(CO)NC)CC1. The highest BCUT2D eigenvalue weighted by molar-refractivity contribution is 4.76. The summed E-state index contributed by atoms with van der Waals surface area (Å²) < 4.78 is 0. The highest BCUT2D eigenvalue weighted by atomic mass is 16.3. The molecule has 90 valence electrons. The summed E-state index contributed by atoms with van der Waals surface area (Å²) in [5, 5.41) is 12.2. The first kappa shape index (κ1) is 12.9. The van der Waals surface area contributed by atoms with Crippen molar-refractivity contribution in [1.29, 1.82) is 0 Å². The van der Waals surface area contributed by atoms with Crippen molar-refractivity contribution >= 4 is 0 Å². The average Bonchev–Trinajstić information content (AvgIpc) is 2.28. The minimum absolute atomic E-state index is 0.225. The quantitative estimate of drug-likeness (QED) is 0.632. The van der Waals surface area contributed by atoms with Crippen molar-refractivity contribution in [3.05, 3.63) is 0 Å². The number of nitrogens with one attached hydrogen (secondary N) is 1. The van der Waals surface area contributed by atoms with Gasteiger partial charge in [0, 0.05) is 38.8 Å². The summed E-state index contributed by atoms with van der Waals surface area (Å²) in [5.41, 5.74) is 0. The third kappa shape index (κ3) is 4.47. The fourth-order valence-electron chi connectivity index (χ4n) is 2.06. The van der Waals surface area contributed by atoms with Crippen LogP contribution in [0.25, 0.3) is 0 Å². The van der Waals surface area contributed by atoms with Gasteiger partial charge in [-0.1, -0.05) is 6.92 Å². The van der Waals surface area contributed by atoms with E-state index < -0.39 is 0 Å². The van der Waals surface area contributed by atoms with Crippen molar-refractivity contribution in [3.8, 4) is 0 Å². The second-order valence-corrected chi connectivity index (χ2v) is 4.31. The molecule has 1 fully saturated rings. The summed E-state index contributed by atoms with van der Waals surface area (Å²) in [6.45, 7) is 9.28. The van der Waals surface area contributed by atoms with Gasteiger partial charge in [-0.25, -0.2) is 0 Å². The number of nitrogens with zero attached hydrogens (tertiary/aromatic N) is 2. The maximum absolute atomic E-state index is 9.09. The molecular formula is C11H25N3O. The van der Waals surface area contributed by atoms with E-state index in [2.05, 4.69) is 22.0 Å². The minimum atomic E-state index is 0.225. The van der Waals surface area contributed by atoms with Gasteiger partial charge in [-0.3, -0.25) is 4.90 Å². The van der Waals surface area contributed by atoms with Gasteiger partial charge >= 0.3 is 0 Å². The van der Waals surface area contributed by atoms with Gasteiger partial charge in [0.15, 0.2) is 0 Å². The molecule has 0 amide bonds. The lowest BCUT2D eigenvalue weighted by molar-refractivity contribution is 0.112. The number of piperazine rings is 1. The third-order valence-corrected chi connectivity index (χ3v) is 3.11. The fourth-order valence-corrected chi connectivity index (χ4v) is 2.06. The molecule has 2 N–H and O–H groups in total. The smallest absolute Gasteiger partial charge is 0.0597 e. The van der Waals surface area contributed by atoms with E-state index in [1.54, 1.807) is 0 Å². The molecule has 1 rings (SSSR count). The third-order valence-electron chi connectivity index (χ3n) is 3.11. The van der Waals surface area contributed by atoms with E-state index in [1.165, 1.54) is 26.1 Å². The highest BCUT2D eigenvalue weighted by Gasteiger charge is 2.18. The molecule has 4 nitrogen and oxygen atoms in total. The molecule has 0 spiro atoms. The molecule has 15 heavy (non-hydrogen) atoms. The lowest BCUT2D eigenvalue weighted by Crippen LogP contribution is -2.51. The van der Waals surface area contributed by atoms with Gasteiger partial charge in [0.2, 0.25) is 0 Å². The number of hydrogen-bond donors (Lipinski definition) is 2. The van der Waals surface area contributed by atoms with E-state index in [4.69, 9.17) is 5.11 Å². The van der Waals surface area contributed by atoms with Crippen molar-refractivity contribution < 1.29 is 5.11 Å². The summed E-state index contributed by atoms with van der Waals surface area (Å²) in [7, 11) is 1.91. The van der Waals surface area contributed by atoms with Crippen LogP contribution < -0.4 is 5.32 Å². The van der Waals surface area contributed by atoms with Crippen LogP contribution in [-0.4, -0.2) is 73.9 Å². The molecule has 1 aliphatic heterocycles. The zero-order chi connectivity index (χ0) is 11.1. The molecule has 4 heteroatoms. The van der Waals surface area contributed by atoms with Crippen LogP contribution in [0.5, 0.6) is 0 Å². The molecule has 0 aromatic carbocycles. The van der Waals surface area contributed by atoms with E-state index in [9.17, 15) is 0 Å². The Balaban J connectivity index is 2.19. The monoisotopic (exact) mass is 215 g/mol. The molecule has 0 aromatic rings. The van der Waals surface area contributed by atoms with Gasteiger partial charge in [-0.05, 0) is 20.0 Å². The number of hydrogen-bond acceptors (Lipinski definition) is 4. The molecule has 0 aromatic heterocycles. The molecular weight excluding hydrogens is 190 g/mol. The van der Waals surface area contributed by atoms with Crippen molar-refractivity contribution in [2.24, 2.45) is 0 Å². The predicted molar refractivity (Wildman–Crippen MR) is 63.1 cm³/mol. The van der Waals surface area contributed by atoms with Crippen LogP contribution in [0.3, 0.4) is 0 Å². The summed E-state index contributed by atoms with van der Waals surface area (Å²) in [6, 6.07) is 0.225. The number of likely N-dealkylation sites (N-methyl/N-ethyl adjacent to an activating group) is 1. The van der Waals surface area contributed by atoms with Crippen molar-refractivity contribution in [2.75, 3.05) is 52.9 Å². The Bertz CT molecular complexity index is 154.